The van der Waals surface area contributed by atoms with Gasteiger partial charge in [0.2, 0.25) is 0 Å². The second kappa shape index (κ2) is 28.3. The molecule has 1 heteroatoms. The van der Waals surface area contributed by atoms with Gasteiger partial charge in [-0.15, -0.1) is 0 Å². The van der Waals surface area contributed by atoms with E-state index in [9.17, 15) is 0 Å². The largest absolute Gasteiger partial charge is 0.325 e. The van der Waals surface area contributed by atoms with Crippen molar-refractivity contribution in [2.24, 2.45) is 5.73 Å². The van der Waals surface area contributed by atoms with Crippen LogP contribution in [0.4, 0.5) is 0 Å². The minimum absolute atomic E-state index is 0.120. The van der Waals surface area contributed by atoms with Crippen LogP contribution in [0, 0.1) is 0 Å². The first kappa shape index (κ1) is 34.7. The molecule has 0 saturated carbocycles. The van der Waals surface area contributed by atoms with Crippen molar-refractivity contribution >= 4 is 0 Å². The maximum Gasteiger partial charge on any atom is 0.0154 e. The van der Waals surface area contributed by atoms with Gasteiger partial charge < -0.3 is 5.73 Å². The molecule has 0 aromatic rings. The summed E-state index contributed by atoms with van der Waals surface area (Å²) in [6.45, 7) is 6.90. The van der Waals surface area contributed by atoms with Crippen molar-refractivity contribution in [1.82, 2.24) is 0 Å². The Labute approximate surface area is 223 Å². The van der Waals surface area contributed by atoms with Gasteiger partial charge in [0.25, 0.3) is 0 Å². The Morgan fingerprint density at radius 1 is 0.371 bits per heavy atom. The molecule has 35 heavy (non-hydrogen) atoms. The standard InChI is InChI=1S/C34H69N/c1-4-7-10-13-16-17-18-19-20-21-22-23-24-27-30-33-34(35,31-28-25-14-11-8-5-2)32-29-26-15-12-9-6-3/h19-20H,4-18,21-33,35H2,1-3H3. The number of hydrogen-bond donors (Lipinski definition) is 1. The zero-order valence-electron chi connectivity index (χ0n) is 25.0. The van der Waals surface area contributed by atoms with Gasteiger partial charge in [0.15, 0.2) is 0 Å². The number of unbranched alkanes of at least 4 members (excludes halogenated alkanes) is 21. The van der Waals surface area contributed by atoms with Crippen LogP contribution in [0.3, 0.4) is 0 Å². The van der Waals surface area contributed by atoms with E-state index in [2.05, 4.69) is 32.9 Å². The third-order valence-corrected chi connectivity index (χ3v) is 7.99. The molecule has 0 bridgehead atoms. The summed E-state index contributed by atoms with van der Waals surface area (Å²) in [6.07, 6.45) is 43.2. The monoisotopic (exact) mass is 492 g/mol. The lowest BCUT2D eigenvalue weighted by Crippen LogP contribution is -2.39. The van der Waals surface area contributed by atoms with Gasteiger partial charge in [-0.05, 0) is 44.9 Å². The van der Waals surface area contributed by atoms with E-state index in [-0.39, 0.29) is 5.54 Å². The molecule has 0 amide bonds. The van der Waals surface area contributed by atoms with Gasteiger partial charge in [-0.3, -0.25) is 0 Å². The molecular formula is C34H69N. The van der Waals surface area contributed by atoms with Crippen molar-refractivity contribution in [3.05, 3.63) is 12.2 Å². The lowest BCUT2D eigenvalue weighted by Gasteiger charge is -2.30. The molecule has 0 aromatic carbocycles. The third kappa shape index (κ3) is 26.6. The first-order chi connectivity index (χ1) is 17.2. The summed E-state index contributed by atoms with van der Waals surface area (Å²) in [5, 5.41) is 0. The number of hydrogen-bond acceptors (Lipinski definition) is 1. The number of allylic oxidation sites excluding steroid dienone is 2. The van der Waals surface area contributed by atoms with E-state index < -0.39 is 0 Å². The van der Waals surface area contributed by atoms with Crippen LogP contribution in [0.1, 0.15) is 201 Å². The van der Waals surface area contributed by atoms with Gasteiger partial charge in [0, 0.05) is 5.54 Å². The summed E-state index contributed by atoms with van der Waals surface area (Å²) in [5.41, 5.74) is 7.14. The van der Waals surface area contributed by atoms with Crippen LogP contribution >= 0.6 is 0 Å². The van der Waals surface area contributed by atoms with Crippen molar-refractivity contribution in [3.63, 3.8) is 0 Å². The maximum atomic E-state index is 7.02. The summed E-state index contributed by atoms with van der Waals surface area (Å²) >= 11 is 0. The lowest BCUT2D eigenvalue weighted by molar-refractivity contribution is 0.302. The summed E-state index contributed by atoms with van der Waals surface area (Å²) in [5.74, 6) is 0. The van der Waals surface area contributed by atoms with Crippen LogP contribution in [-0.2, 0) is 0 Å². The molecule has 210 valence electrons. The Kier molecular flexibility index (Phi) is 28.0. The average molecular weight is 492 g/mol. The van der Waals surface area contributed by atoms with Gasteiger partial charge in [0.1, 0.15) is 0 Å². The van der Waals surface area contributed by atoms with Crippen LogP contribution in [0.5, 0.6) is 0 Å². The SMILES string of the molecule is CCCCCCCCC=CCCCCCCCC(N)(CCCCCCCC)CCCCCCCC. The quantitative estimate of drug-likeness (QED) is 0.0816. The predicted molar refractivity (Wildman–Crippen MR) is 162 cm³/mol. The minimum Gasteiger partial charge on any atom is -0.325 e. The molecule has 0 atom stereocenters. The third-order valence-electron chi connectivity index (χ3n) is 7.99. The zero-order chi connectivity index (χ0) is 25.7. The van der Waals surface area contributed by atoms with Crippen LogP contribution < -0.4 is 5.73 Å². The molecule has 0 aliphatic heterocycles. The van der Waals surface area contributed by atoms with E-state index in [1.807, 2.05) is 0 Å². The molecule has 1 nitrogen and oxygen atoms in total. The highest BCUT2D eigenvalue weighted by atomic mass is 14.7. The van der Waals surface area contributed by atoms with Crippen LogP contribution in [0.25, 0.3) is 0 Å². The predicted octanol–water partition coefficient (Wildman–Crippen LogP) is 12.2. The number of rotatable bonds is 29. The second-order valence-corrected chi connectivity index (χ2v) is 11.7. The summed E-state index contributed by atoms with van der Waals surface area (Å²) in [4.78, 5) is 0. The maximum absolute atomic E-state index is 7.02. The van der Waals surface area contributed by atoms with Crippen LogP contribution in [0.15, 0.2) is 12.2 Å². The minimum atomic E-state index is 0.120. The van der Waals surface area contributed by atoms with Gasteiger partial charge in [-0.1, -0.05) is 168 Å². The fourth-order valence-electron chi connectivity index (χ4n) is 5.44. The van der Waals surface area contributed by atoms with E-state index in [0.717, 1.165) is 0 Å². The number of nitrogens with two attached hydrogens (primary N) is 1. The van der Waals surface area contributed by atoms with E-state index in [1.54, 1.807) is 0 Å². The topological polar surface area (TPSA) is 26.0 Å². The molecule has 0 unspecified atom stereocenters. The van der Waals surface area contributed by atoms with Crippen molar-refractivity contribution in [3.8, 4) is 0 Å². The van der Waals surface area contributed by atoms with Gasteiger partial charge in [-0.25, -0.2) is 0 Å². The Bertz CT molecular complexity index is 397. The van der Waals surface area contributed by atoms with E-state index in [4.69, 9.17) is 5.73 Å². The molecule has 0 spiro atoms. The molecule has 2 N–H and O–H groups in total. The Morgan fingerprint density at radius 3 is 0.943 bits per heavy atom. The highest BCUT2D eigenvalue weighted by Crippen LogP contribution is 2.27. The fraction of sp³-hybridized carbons (Fsp3) is 0.941. The van der Waals surface area contributed by atoms with Crippen molar-refractivity contribution < 1.29 is 0 Å². The normalized spacial score (nSPS) is 12.2. The van der Waals surface area contributed by atoms with E-state index >= 15 is 0 Å². The average Bonchev–Trinajstić information content (AvgIpc) is 2.86. The summed E-state index contributed by atoms with van der Waals surface area (Å²) < 4.78 is 0. The lowest BCUT2D eigenvalue weighted by atomic mass is 9.82. The van der Waals surface area contributed by atoms with Gasteiger partial charge >= 0.3 is 0 Å². The Morgan fingerprint density at radius 2 is 0.629 bits per heavy atom. The van der Waals surface area contributed by atoms with Gasteiger partial charge in [0.05, 0.1) is 0 Å². The van der Waals surface area contributed by atoms with Crippen molar-refractivity contribution in [1.29, 1.82) is 0 Å². The molecule has 0 aromatic heterocycles. The van der Waals surface area contributed by atoms with Crippen molar-refractivity contribution in [2.45, 2.75) is 206 Å². The zero-order valence-corrected chi connectivity index (χ0v) is 25.0. The molecular weight excluding hydrogens is 422 g/mol. The summed E-state index contributed by atoms with van der Waals surface area (Å²) in [6, 6.07) is 0. The fourth-order valence-corrected chi connectivity index (χ4v) is 5.44. The molecule has 0 rings (SSSR count). The Balaban J connectivity index is 3.90. The highest BCUT2D eigenvalue weighted by Gasteiger charge is 2.23. The molecule has 0 fully saturated rings. The first-order valence-electron chi connectivity index (χ1n) is 16.6. The summed E-state index contributed by atoms with van der Waals surface area (Å²) in [7, 11) is 0. The first-order valence-corrected chi connectivity index (χ1v) is 16.6. The Hall–Kier alpha value is -0.300. The molecule has 0 radical (unpaired) electrons. The van der Waals surface area contributed by atoms with Gasteiger partial charge in [-0.2, -0.15) is 0 Å². The van der Waals surface area contributed by atoms with Crippen LogP contribution in [0.2, 0.25) is 0 Å². The van der Waals surface area contributed by atoms with E-state index in [1.165, 1.54) is 180 Å². The highest BCUT2D eigenvalue weighted by molar-refractivity contribution is 4.84. The smallest absolute Gasteiger partial charge is 0.0154 e. The molecule has 0 heterocycles. The molecule has 0 aliphatic rings. The molecule has 0 saturated heterocycles. The molecule has 0 aliphatic carbocycles. The van der Waals surface area contributed by atoms with Crippen LogP contribution in [-0.4, -0.2) is 5.54 Å². The van der Waals surface area contributed by atoms with E-state index in [0.29, 0.717) is 0 Å². The van der Waals surface area contributed by atoms with Crippen molar-refractivity contribution in [2.75, 3.05) is 0 Å². The second-order valence-electron chi connectivity index (χ2n) is 11.7.